The Bertz CT molecular complexity index is 644. The second-order valence-corrected chi connectivity index (χ2v) is 8.72. The highest BCUT2D eigenvalue weighted by atomic mass is 79.9. The number of quaternary nitrogens is 1. The summed E-state index contributed by atoms with van der Waals surface area (Å²) in [7, 11) is 4.49. The fraction of sp³-hybridized carbons (Fsp3) is 0.667. The molecule has 26 heavy (non-hydrogen) atoms. The number of halogens is 1. The molecule has 2 saturated heterocycles. The van der Waals surface area contributed by atoms with Crippen molar-refractivity contribution in [1.82, 2.24) is 0 Å². The molecular weight excluding hydrogens is 394 g/mol. The number of nitrogens with zero attached hydrogens (tertiary/aromatic N) is 1. The van der Waals surface area contributed by atoms with E-state index in [1.807, 2.05) is 30.3 Å². The van der Waals surface area contributed by atoms with Crippen LogP contribution in [-0.2, 0) is 15.1 Å². The second kappa shape index (κ2) is 7.25. The van der Waals surface area contributed by atoms with Gasteiger partial charge in [-0.2, -0.15) is 0 Å². The van der Waals surface area contributed by atoms with Crippen LogP contribution in [0, 0.1) is 5.92 Å². The molecule has 5 heteroatoms. The molecule has 4 rings (SSSR count). The van der Waals surface area contributed by atoms with Crippen molar-refractivity contribution in [2.45, 2.75) is 68.7 Å². The number of aliphatic hydroxyl groups is 1. The smallest absolute Gasteiger partial charge is 0.343 e. The molecule has 3 aliphatic rings. The molecule has 144 valence electrons. The number of carbonyl (C=O) groups excluding carboxylic acids is 1. The van der Waals surface area contributed by atoms with Crippen molar-refractivity contribution in [3.05, 3.63) is 35.9 Å². The topological polar surface area (TPSA) is 46.5 Å². The van der Waals surface area contributed by atoms with Crippen molar-refractivity contribution in [1.29, 1.82) is 0 Å². The summed E-state index contributed by atoms with van der Waals surface area (Å²) in [5.41, 5.74) is -0.819. The van der Waals surface area contributed by atoms with Gasteiger partial charge < -0.3 is 31.3 Å². The van der Waals surface area contributed by atoms with Crippen LogP contribution in [0.4, 0.5) is 0 Å². The van der Waals surface area contributed by atoms with E-state index in [1.54, 1.807) is 0 Å². The second-order valence-electron chi connectivity index (χ2n) is 8.72. The van der Waals surface area contributed by atoms with Crippen molar-refractivity contribution in [2.75, 3.05) is 14.1 Å². The van der Waals surface area contributed by atoms with Gasteiger partial charge in [-0.05, 0) is 18.4 Å². The maximum atomic E-state index is 13.2. The third-order valence-electron chi connectivity index (χ3n) is 7.25. The molecule has 2 aliphatic heterocycles. The van der Waals surface area contributed by atoms with Gasteiger partial charge in [-0.3, -0.25) is 0 Å². The summed E-state index contributed by atoms with van der Waals surface area (Å²) in [4.78, 5) is 13.2. The van der Waals surface area contributed by atoms with Crippen molar-refractivity contribution in [2.24, 2.45) is 5.92 Å². The number of fused-ring (bicyclic) bond motifs is 2. The van der Waals surface area contributed by atoms with Gasteiger partial charge in [0.1, 0.15) is 6.04 Å². The zero-order chi connectivity index (χ0) is 17.7. The van der Waals surface area contributed by atoms with E-state index in [0.717, 1.165) is 43.0 Å². The number of hydrogen-bond donors (Lipinski definition) is 1. The number of likely N-dealkylation sites (N-methyl/N-ethyl adjacent to an activating group) is 1. The Labute approximate surface area is 166 Å². The van der Waals surface area contributed by atoms with Gasteiger partial charge in [0, 0.05) is 25.2 Å². The Morgan fingerprint density at radius 1 is 1.12 bits per heavy atom. The molecule has 1 aromatic rings. The lowest BCUT2D eigenvalue weighted by Gasteiger charge is -2.35. The fourth-order valence-electron chi connectivity index (χ4n) is 5.64. The molecular formula is C21H30BrNO3. The zero-order valence-corrected chi connectivity index (χ0v) is 17.3. The quantitative estimate of drug-likeness (QED) is 0.547. The molecule has 1 unspecified atom stereocenters. The molecule has 1 saturated carbocycles. The van der Waals surface area contributed by atoms with Crippen LogP contribution in [0.15, 0.2) is 30.3 Å². The first-order chi connectivity index (χ1) is 11.9. The van der Waals surface area contributed by atoms with Crippen LogP contribution in [0.2, 0.25) is 0 Å². The van der Waals surface area contributed by atoms with Crippen molar-refractivity contribution in [3.63, 3.8) is 0 Å². The summed E-state index contributed by atoms with van der Waals surface area (Å²) < 4.78 is 6.96. The van der Waals surface area contributed by atoms with E-state index in [9.17, 15) is 9.90 Å². The third-order valence-corrected chi connectivity index (χ3v) is 7.25. The molecule has 2 bridgehead atoms. The van der Waals surface area contributed by atoms with E-state index in [2.05, 4.69) is 14.1 Å². The number of esters is 1. The summed E-state index contributed by atoms with van der Waals surface area (Å²) in [5.74, 6) is -0.466. The van der Waals surface area contributed by atoms with Gasteiger partial charge in [-0.25, -0.2) is 4.79 Å². The molecule has 3 fully saturated rings. The average molecular weight is 424 g/mol. The Morgan fingerprint density at radius 3 is 2.31 bits per heavy atom. The molecule has 4 nitrogen and oxygen atoms in total. The first kappa shape index (κ1) is 19.8. The maximum Gasteiger partial charge on any atom is 0.343 e. The van der Waals surface area contributed by atoms with Gasteiger partial charge in [-0.1, -0.05) is 43.2 Å². The van der Waals surface area contributed by atoms with E-state index < -0.39 is 11.6 Å². The predicted octanol–water partition coefficient (Wildman–Crippen LogP) is -0.00870. The monoisotopic (exact) mass is 423 g/mol. The van der Waals surface area contributed by atoms with Gasteiger partial charge in [0.2, 0.25) is 0 Å². The van der Waals surface area contributed by atoms with E-state index in [4.69, 9.17) is 4.74 Å². The highest BCUT2D eigenvalue weighted by Crippen LogP contribution is 2.46. The van der Waals surface area contributed by atoms with Gasteiger partial charge in [-0.15, -0.1) is 0 Å². The molecule has 0 spiro atoms. The molecule has 0 radical (unpaired) electrons. The van der Waals surface area contributed by atoms with Crippen LogP contribution < -0.4 is 17.0 Å². The summed E-state index contributed by atoms with van der Waals surface area (Å²) in [6.07, 6.45) is 7.13. The van der Waals surface area contributed by atoms with Crippen LogP contribution in [-0.4, -0.2) is 47.8 Å². The minimum Gasteiger partial charge on any atom is -1.00 e. The predicted molar refractivity (Wildman–Crippen MR) is 95.7 cm³/mol. The molecule has 0 aromatic heterocycles. The first-order valence-corrected chi connectivity index (χ1v) is 9.76. The van der Waals surface area contributed by atoms with Crippen LogP contribution in [0.3, 0.4) is 0 Å². The summed E-state index contributed by atoms with van der Waals surface area (Å²) in [6.45, 7) is 0. The maximum absolute atomic E-state index is 13.2. The Morgan fingerprint density at radius 2 is 1.77 bits per heavy atom. The number of benzene rings is 1. The SMILES string of the molecule is C[N+]1(C)C2CC[C@@H]1[C@H](OC(=O)[C@@](O)(c1ccccc1)C1CCCC1)C2.[Br-]. The average Bonchev–Trinajstić information content (AvgIpc) is 3.30. The van der Waals surface area contributed by atoms with Crippen molar-refractivity contribution < 1.29 is 36.1 Å². The molecule has 1 N–H and O–H groups in total. The van der Waals surface area contributed by atoms with Crippen molar-refractivity contribution >= 4 is 5.97 Å². The highest BCUT2D eigenvalue weighted by Gasteiger charge is 2.58. The Kier molecular flexibility index (Phi) is 5.53. The zero-order valence-electron chi connectivity index (χ0n) is 15.7. The van der Waals surface area contributed by atoms with Gasteiger partial charge in [0.05, 0.1) is 20.1 Å². The van der Waals surface area contributed by atoms with Crippen LogP contribution in [0.25, 0.3) is 0 Å². The van der Waals surface area contributed by atoms with E-state index in [1.165, 1.54) is 6.42 Å². The van der Waals surface area contributed by atoms with E-state index in [-0.39, 0.29) is 29.0 Å². The van der Waals surface area contributed by atoms with E-state index >= 15 is 0 Å². The standard InChI is InChI=1S/C21H30NO3.BrH/c1-22(2)17-12-13-18(22)19(14-17)25-20(23)21(24,16-10-6-7-11-16)15-8-4-3-5-9-15;/h3-5,8-9,16-19,24H,6-7,10-14H2,1-2H3;1H/q+1;/p-1/t17?,18-,19-,21-;/m1./s1. The summed E-state index contributed by atoms with van der Waals surface area (Å²) in [5, 5.41) is 11.5. The van der Waals surface area contributed by atoms with Crippen LogP contribution in [0.5, 0.6) is 0 Å². The lowest BCUT2D eigenvalue weighted by molar-refractivity contribution is -0.913. The first-order valence-electron chi connectivity index (χ1n) is 9.76. The third kappa shape index (κ3) is 3.02. The van der Waals surface area contributed by atoms with E-state index in [0.29, 0.717) is 17.6 Å². The summed E-state index contributed by atoms with van der Waals surface area (Å²) in [6, 6.07) is 10.4. The largest absolute Gasteiger partial charge is 1.00 e. The number of ether oxygens (including phenoxy) is 1. The van der Waals surface area contributed by atoms with Crippen LogP contribution in [0.1, 0.15) is 50.5 Å². The number of hydrogen-bond acceptors (Lipinski definition) is 3. The normalized spacial score (nSPS) is 32.0. The van der Waals surface area contributed by atoms with Crippen molar-refractivity contribution in [3.8, 4) is 0 Å². The summed E-state index contributed by atoms with van der Waals surface area (Å²) >= 11 is 0. The molecule has 2 heterocycles. The number of carbonyl (C=O) groups is 1. The fourth-order valence-corrected chi connectivity index (χ4v) is 5.64. The minimum atomic E-state index is -1.50. The highest BCUT2D eigenvalue weighted by molar-refractivity contribution is 5.82. The lowest BCUT2D eigenvalue weighted by atomic mass is 9.80. The molecule has 1 aliphatic carbocycles. The van der Waals surface area contributed by atoms with Gasteiger partial charge in [0.25, 0.3) is 0 Å². The van der Waals surface area contributed by atoms with Crippen LogP contribution >= 0.6 is 0 Å². The minimum absolute atomic E-state index is 0. The van der Waals surface area contributed by atoms with Gasteiger partial charge >= 0.3 is 5.97 Å². The lowest BCUT2D eigenvalue weighted by Crippen LogP contribution is -3.00. The Hall–Kier alpha value is -0.910. The molecule has 1 aromatic carbocycles. The molecule has 0 amide bonds. The number of rotatable bonds is 4. The molecule has 4 atom stereocenters. The van der Waals surface area contributed by atoms with Gasteiger partial charge in [0.15, 0.2) is 11.7 Å². The Balaban J connectivity index is 0.00000196.